The lowest BCUT2D eigenvalue weighted by Crippen LogP contribution is -2.07. The fourth-order valence-electron chi connectivity index (χ4n) is 2.09. The lowest BCUT2D eigenvalue weighted by atomic mass is 10.1. The van der Waals surface area contributed by atoms with Crippen LogP contribution < -0.4 is 5.32 Å². The van der Waals surface area contributed by atoms with Gasteiger partial charge in [-0.1, -0.05) is 24.3 Å². The Labute approximate surface area is 116 Å². The summed E-state index contributed by atoms with van der Waals surface area (Å²) in [7, 11) is 0. The Morgan fingerprint density at radius 3 is 2.95 bits per heavy atom. The van der Waals surface area contributed by atoms with Crippen molar-refractivity contribution in [2.75, 3.05) is 5.32 Å². The number of rotatable bonds is 4. The maximum atomic E-state index is 9.15. The number of aliphatic hydroxyl groups excluding tert-OH is 1. The van der Waals surface area contributed by atoms with Gasteiger partial charge in [-0.15, -0.1) is 0 Å². The number of nitrogens with zero attached hydrogens (tertiary/aromatic N) is 4. The van der Waals surface area contributed by atoms with Crippen molar-refractivity contribution in [1.29, 1.82) is 0 Å². The van der Waals surface area contributed by atoms with Crippen molar-refractivity contribution in [3.63, 3.8) is 0 Å². The van der Waals surface area contributed by atoms with E-state index in [0.717, 1.165) is 22.6 Å². The van der Waals surface area contributed by atoms with E-state index in [2.05, 4.69) is 20.4 Å². The number of nitrogens with one attached hydrogen (secondary N) is 1. The third-order valence-electron chi connectivity index (χ3n) is 3.03. The molecule has 6 nitrogen and oxygen atoms in total. The summed E-state index contributed by atoms with van der Waals surface area (Å²) in [6.45, 7) is 2.62. The van der Waals surface area contributed by atoms with Crippen LogP contribution in [0.25, 0.3) is 5.78 Å². The lowest BCUT2D eigenvalue weighted by Gasteiger charge is -2.09. The average Bonchev–Trinajstić information content (AvgIpc) is 2.93. The van der Waals surface area contributed by atoms with Crippen molar-refractivity contribution in [3.8, 4) is 0 Å². The van der Waals surface area contributed by atoms with E-state index in [0.29, 0.717) is 12.3 Å². The number of fused-ring (bicyclic) bond motifs is 1. The SMILES string of the molecule is Cc1cc(NCc2cccc(CO)c2)n2ncnc2n1. The van der Waals surface area contributed by atoms with E-state index in [1.807, 2.05) is 37.3 Å². The molecular formula is C14H15N5O. The average molecular weight is 269 g/mol. The molecular weight excluding hydrogens is 254 g/mol. The van der Waals surface area contributed by atoms with Crippen LogP contribution in [0.3, 0.4) is 0 Å². The van der Waals surface area contributed by atoms with Crippen molar-refractivity contribution in [2.24, 2.45) is 0 Å². The summed E-state index contributed by atoms with van der Waals surface area (Å²) < 4.78 is 1.67. The zero-order chi connectivity index (χ0) is 13.9. The Bertz CT molecular complexity index is 737. The van der Waals surface area contributed by atoms with E-state index >= 15 is 0 Å². The van der Waals surface area contributed by atoms with Gasteiger partial charge < -0.3 is 10.4 Å². The van der Waals surface area contributed by atoms with Crippen LogP contribution in [0, 0.1) is 6.92 Å². The van der Waals surface area contributed by atoms with Gasteiger partial charge in [-0.3, -0.25) is 0 Å². The second-order valence-corrected chi connectivity index (χ2v) is 4.59. The van der Waals surface area contributed by atoms with Crippen molar-refractivity contribution in [3.05, 3.63) is 53.5 Å². The van der Waals surface area contributed by atoms with Crippen molar-refractivity contribution < 1.29 is 5.11 Å². The van der Waals surface area contributed by atoms with Gasteiger partial charge in [0.2, 0.25) is 0 Å². The van der Waals surface area contributed by atoms with Crippen molar-refractivity contribution in [1.82, 2.24) is 19.6 Å². The van der Waals surface area contributed by atoms with Crippen molar-refractivity contribution >= 4 is 11.6 Å². The van der Waals surface area contributed by atoms with Crippen LogP contribution in [0.4, 0.5) is 5.82 Å². The molecule has 2 aromatic heterocycles. The monoisotopic (exact) mass is 269 g/mol. The van der Waals surface area contributed by atoms with Gasteiger partial charge in [0, 0.05) is 18.3 Å². The van der Waals surface area contributed by atoms with E-state index in [-0.39, 0.29) is 6.61 Å². The molecule has 0 atom stereocenters. The molecule has 1 aromatic carbocycles. The second-order valence-electron chi connectivity index (χ2n) is 4.59. The molecule has 0 spiro atoms. The third kappa shape index (κ3) is 2.46. The van der Waals surface area contributed by atoms with E-state index < -0.39 is 0 Å². The third-order valence-corrected chi connectivity index (χ3v) is 3.03. The first-order chi connectivity index (χ1) is 9.76. The number of benzene rings is 1. The smallest absolute Gasteiger partial charge is 0.254 e. The molecule has 0 aliphatic rings. The zero-order valence-corrected chi connectivity index (χ0v) is 11.1. The van der Waals surface area contributed by atoms with Gasteiger partial charge in [-0.25, -0.2) is 4.98 Å². The molecule has 2 N–H and O–H groups in total. The van der Waals surface area contributed by atoms with Gasteiger partial charge in [0.1, 0.15) is 12.1 Å². The van der Waals surface area contributed by atoms with Crippen LogP contribution in [-0.4, -0.2) is 24.7 Å². The molecule has 0 radical (unpaired) electrons. The fourth-order valence-corrected chi connectivity index (χ4v) is 2.09. The number of aryl methyl sites for hydroxylation is 1. The number of aromatic nitrogens is 4. The summed E-state index contributed by atoms with van der Waals surface area (Å²) in [6, 6.07) is 9.75. The van der Waals surface area contributed by atoms with E-state index in [4.69, 9.17) is 5.11 Å². The van der Waals surface area contributed by atoms with E-state index in [1.54, 1.807) is 4.52 Å². The number of hydrogen-bond acceptors (Lipinski definition) is 5. The molecule has 6 heteroatoms. The zero-order valence-electron chi connectivity index (χ0n) is 11.1. The Balaban J connectivity index is 1.84. The molecule has 0 unspecified atom stereocenters. The summed E-state index contributed by atoms with van der Waals surface area (Å²) in [5, 5.41) is 16.6. The summed E-state index contributed by atoms with van der Waals surface area (Å²) in [4.78, 5) is 8.39. The highest BCUT2D eigenvalue weighted by molar-refractivity contribution is 5.45. The minimum Gasteiger partial charge on any atom is -0.392 e. The van der Waals surface area contributed by atoms with Crippen LogP contribution >= 0.6 is 0 Å². The minimum absolute atomic E-state index is 0.0511. The molecule has 102 valence electrons. The first-order valence-corrected chi connectivity index (χ1v) is 6.36. The second kappa shape index (κ2) is 5.26. The Morgan fingerprint density at radius 1 is 1.25 bits per heavy atom. The molecule has 0 amide bonds. The van der Waals surface area contributed by atoms with E-state index in [9.17, 15) is 0 Å². The molecule has 0 saturated carbocycles. The molecule has 20 heavy (non-hydrogen) atoms. The first kappa shape index (κ1) is 12.6. The van der Waals surface area contributed by atoms with Crippen LogP contribution in [0.15, 0.2) is 36.7 Å². The topological polar surface area (TPSA) is 75.3 Å². The molecule has 0 aliphatic carbocycles. The quantitative estimate of drug-likeness (QED) is 0.751. The van der Waals surface area contributed by atoms with Gasteiger partial charge in [0.15, 0.2) is 0 Å². The number of hydrogen-bond donors (Lipinski definition) is 2. The predicted molar refractivity (Wildman–Crippen MR) is 75.2 cm³/mol. The maximum absolute atomic E-state index is 9.15. The first-order valence-electron chi connectivity index (χ1n) is 6.36. The standard InChI is InChI=1S/C14H15N5O/c1-10-5-13(19-14(18-10)16-9-17-19)15-7-11-3-2-4-12(6-11)8-20/h2-6,9,15,20H,7-8H2,1H3. The Kier molecular flexibility index (Phi) is 3.30. The lowest BCUT2D eigenvalue weighted by molar-refractivity contribution is 0.281. The molecule has 0 fully saturated rings. The van der Waals surface area contributed by atoms with E-state index in [1.165, 1.54) is 6.33 Å². The highest BCUT2D eigenvalue weighted by atomic mass is 16.3. The van der Waals surface area contributed by atoms with Gasteiger partial charge in [-0.2, -0.15) is 14.6 Å². The highest BCUT2D eigenvalue weighted by Crippen LogP contribution is 2.12. The summed E-state index contributed by atoms with van der Waals surface area (Å²) >= 11 is 0. The van der Waals surface area contributed by atoms with Gasteiger partial charge in [0.05, 0.1) is 6.61 Å². The van der Waals surface area contributed by atoms with Crippen molar-refractivity contribution in [2.45, 2.75) is 20.1 Å². The number of aliphatic hydroxyl groups is 1. The largest absolute Gasteiger partial charge is 0.392 e. The molecule has 3 rings (SSSR count). The normalized spacial score (nSPS) is 10.9. The summed E-state index contributed by atoms with van der Waals surface area (Å²) in [5.41, 5.74) is 2.89. The van der Waals surface area contributed by atoms with Crippen LogP contribution in [-0.2, 0) is 13.2 Å². The van der Waals surface area contributed by atoms with Gasteiger partial charge in [-0.05, 0) is 18.1 Å². The fraction of sp³-hybridized carbons (Fsp3) is 0.214. The number of anilines is 1. The summed E-state index contributed by atoms with van der Waals surface area (Å²) in [6.07, 6.45) is 1.49. The predicted octanol–water partition coefficient (Wildman–Crippen LogP) is 1.54. The highest BCUT2D eigenvalue weighted by Gasteiger charge is 2.05. The molecule has 0 saturated heterocycles. The van der Waals surface area contributed by atoms with Crippen LogP contribution in [0.2, 0.25) is 0 Å². The van der Waals surface area contributed by atoms with Gasteiger partial charge >= 0.3 is 0 Å². The molecule has 0 bridgehead atoms. The Morgan fingerprint density at radius 2 is 2.10 bits per heavy atom. The summed E-state index contributed by atoms with van der Waals surface area (Å²) in [5.74, 6) is 1.43. The van der Waals surface area contributed by atoms with Crippen LogP contribution in [0.5, 0.6) is 0 Å². The van der Waals surface area contributed by atoms with Gasteiger partial charge in [0.25, 0.3) is 5.78 Å². The molecule has 0 aliphatic heterocycles. The maximum Gasteiger partial charge on any atom is 0.254 e. The van der Waals surface area contributed by atoms with Crippen LogP contribution in [0.1, 0.15) is 16.8 Å². The molecule has 2 heterocycles. The molecule has 3 aromatic rings. The Hall–Kier alpha value is -2.47. The minimum atomic E-state index is 0.0511.